The van der Waals surface area contributed by atoms with Crippen molar-refractivity contribution in [1.82, 2.24) is 0 Å². The molecule has 2 aromatic rings. The van der Waals surface area contributed by atoms with Crippen molar-refractivity contribution in [3.05, 3.63) is 55.1 Å². The van der Waals surface area contributed by atoms with E-state index in [1.807, 2.05) is 35.7 Å². The first kappa shape index (κ1) is 12.0. The van der Waals surface area contributed by atoms with Crippen molar-refractivity contribution in [2.75, 3.05) is 0 Å². The Bertz CT molecular complexity index is 519. The number of ketones is 1. The van der Waals surface area contributed by atoms with E-state index in [-0.39, 0.29) is 5.78 Å². The third-order valence-electron chi connectivity index (χ3n) is 2.12. The lowest BCUT2D eigenvalue weighted by molar-refractivity contribution is 0.0996. The van der Waals surface area contributed by atoms with Crippen molar-refractivity contribution in [2.24, 2.45) is 0 Å². The lowest BCUT2D eigenvalue weighted by Gasteiger charge is -2.00. The summed E-state index contributed by atoms with van der Waals surface area (Å²) in [6, 6.07) is 9.73. The van der Waals surface area contributed by atoms with E-state index in [0.29, 0.717) is 6.42 Å². The molecule has 0 aliphatic rings. The molecule has 0 aliphatic carbocycles. The molecule has 0 amide bonds. The first-order valence-electron chi connectivity index (χ1n) is 4.67. The minimum absolute atomic E-state index is 0.153. The summed E-state index contributed by atoms with van der Waals surface area (Å²) in [7, 11) is 0. The van der Waals surface area contributed by atoms with E-state index in [4.69, 9.17) is 0 Å². The Morgan fingerprint density at radius 2 is 2.06 bits per heavy atom. The topological polar surface area (TPSA) is 17.1 Å². The highest BCUT2D eigenvalue weighted by Crippen LogP contribution is 2.24. The van der Waals surface area contributed by atoms with Crippen LogP contribution in [0.3, 0.4) is 0 Å². The molecule has 82 valence electrons. The molecule has 0 unspecified atom stereocenters. The zero-order valence-electron chi connectivity index (χ0n) is 8.24. The molecule has 0 N–H and O–H groups in total. The van der Waals surface area contributed by atoms with Crippen molar-refractivity contribution in [2.45, 2.75) is 6.42 Å². The van der Waals surface area contributed by atoms with E-state index >= 15 is 0 Å². The molecule has 0 radical (unpaired) electrons. The molecule has 0 bridgehead atoms. The molecule has 16 heavy (non-hydrogen) atoms. The van der Waals surface area contributed by atoms with Gasteiger partial charge in [0.15, 0.2) is 5.78 Å². The third-order valence-corrected chi connectivity index (χ3v) is 4.50. The first-order valence-corrected chi connectivity index (χ1v) is 7.14. The van der Waals surface area contributed by atoms with Gasteiger partial charge < -0.3 is 0 Å². The highest BCUT2D eigenvalue weighted by atomic mass is 79.9. The molecule has 2 rings (SSSR count). The van der Waals surface area contributed by atoms with Crippen molar-refractivity contribution in [3.63, 3.8) is 0 Å². The highest BCUT2D eigenvalue weighted by Gasteiger charge is 2.12. The molecular formula is C12H8Br2OS. The molecule has 1 aromatic heterocycles. The van der Waals surface area contributed by atoms with Crippen LogP contribution in [0.2, 0.25) is 0 Å². The van der Waals surface area contributed by atoms with Gasteiger partial charge in [0.05, 0.1) is 4.88 Å². The van der Waals surface area contributed by atoms with Crippen LogP contribution >= 0.6 is 43.2 Å². The van der Waals surface area contributed by atoms with E-state index < -0.39 is 0 Å². The van der Waals surface area contributed by atoms with E-state index in [0.717, 1.165) is 19.4 Å². The van der Waals surface area contributed by atoms with Crippen LogP contribution in [0, 0.1) is 0 Å². The molecule has 1 aromatic carbocycles. The fourth-order valence-corrected chi connectivity index (χ4v) is 3.39. The number of thiophene rings is 1. The highest BCUT2D eigenvalue weighted by molar-refractivity contribution is 9.10. The Hall–Kier alpha value is -0.450. The Kier molecular flexibility index (Phi) is 3.95. The molecule has 4 heteroatoms. The third kappa shape index (κ3) is 2.81. The number of Topliss-reactive ketones (excluding diaryl/α,β-unsaturated/α-hetero) is 1. The number of hydrogen-bond acceptors (Lipinski definition) is 2. The van der Waals surface area contributed by atoms with Gasteiger partial charge in [-0.25, -0.2) is 0 Å². The SMILES string of the molecule is O=C(Cc1cccc(Br)c1)c1sccc1Br. The number of halogens is 2. The maximum absolute atomic E-state index is 12.0. The number of rotatable bonds is 3. The van der Waals surface area contributed by atoms with E-state index in [9.17, 15) is 4.79 Å². The first-order chi connectivity index (χ1) is 7.66. The minimum Gasteiger partial charge on any atom is -0.293 e. The lowest BCUT2D eigenvalue weighted by Crippen LogP contribution is -2.01. The molecule has 0 fully saturated rings. The maximum Gasteiger partial charge on any atom is 0.178 e. The smallest absolute Gasteiger partial charge is 0.178 e. The second-order valence-corrected chi connectivity index (χ2v) is 6.01. The number of hydrogen-bond donors (Lipinski definition) is 0. The molecular weight excluding hydrogens is 352 g/mol. The fraction of sp³-hybridized carbons (Fsp3) is 0.0833. The maximum atomic E-state index is 12.0. The van der Waals surface area contributed by atoms with Crippen molar-refractivity contribution >= 4 is 49.0 Å². The van der Waals surface area contributed by atoms with Gasteiger partial charge in [0.1, 0.15) is 0 Å². The summed E-state index contributed by atoms with van der Waals surface area (Å²) in [5.74, 6) is 0.153. The zero-order chi connectivity index (χ0) is 11.5. The lowest BCUT2D eigenvalue weighted by atomic mass is 10.1. The van der Waals surface area contributed by atoms with Gasteiger partial charge in [0, 0.05) is 15.4 Å². The number of benzene rings is 1. The van der Waals surface area contributed by atoms with Crippen LogP contribution in [0.4, 0.5) is 0 Å². The molecule has 0 atom stereocenters. The minimum atomic E-state index is 0.153. The summed E-state index contributed by atoms with van der Waals surface area (Å²) in [4.78, 5) is 12.8. The van der Waals surface area contributed by atoms with Gasteiger partial charge in [-0.2, -0.15) is 0 Å². The predicted octanol–water partition coefficient (Wildman–Crippen LogP) is 4.70. The second-order valence-electron chi connectivity index (χ2n) is 3.33. The monoisotopic (exact) mass is 358 g/mol. The average Bonchev–Trinajstić information content (AvgIpc) is 2.64. The largest absolute Gasteiger partial charge is 0.293 e. The van der Waals surface area contributed by atoms with Crippen LogP contribution in [0.15, 0.2) is 44.7 Å². The Morgan fingerprint density at radius 1 is 1.25 bits per heavy atom. The van der Waals surface area contributed by atoms with Crippen LogP contribution in [0.5, 0.6) is 0 Å². The van der Waals surface area contributed by atoms with Gasteiger partial charge in [0.2, 0.25) is 0 Å². The zero-order valence-corrected chi connectivity index (χ0v) is 12.2. The Morgan fingerprint density at radius 3 is 2.69 bits per heavy atom. The summed E-state index contributed by atoms with van der Waals surface area (Å²) in [6.07, 6.45) is 0.443. The molecule has 1 nitrogen and oxygen atoms in total. The van der Waals surface area contributed by atoms with E-state index in [1.54, 1.807) is 0 Å². The van der Waals surface area contributed by atoms with Crippen LogP contribution in [-0.4, -0.2) is 5.78 Å². The number of carbonyl (C=O) groups is 1. The van der Waals surface area contributed by atoms with E-state index in [1.165, 1.54) is 11.3 Å². The van der Waals surface area contributed by atoms with Crippen LogP contribution in [-0.2, 0) is 6.42 Å². The van der Waals surface area contributed by atoms with Crippen LogP contribution < -0.4 is 0 Å². The summed E-state index contributed by atoms with van der Waals surface area (Å²) < 4.78 is 1.89. The van der Waals surface area contributed by atoms with E-state index in [2.05, 4.69) is 31.9 Å². The molecule has 0 spiro atoms. The van der Waals surface area contributed by atoms with Gasteiger partial charge in [-0.1, -0.05) is 28.1 Å². The van der Waals surface area contributed by atoms with Crippen molar-refractivity contribution < 1.29 is 4.79 Å². The summed E-state index contributed by atoms with van der Waals surface area (Å²) in [5, 5.41) is 1.91. The van der Waals surface area contributed by atoms with Crippen molar-refractivity contribution in [1.29, 1.82) is 0 Å². The quantitative estimate of drug-likeness (QED) is 0.726. The summed E-state index contributed by atoms with van der Waals surface area (Å²) >= 11 is 8.25. The van der Waals surface area contributed by atoms with Gasteiger partial charge >= 0.3 is 0 Å². The predicted molar refractivity (Wildman–Crippen MR) is 74.2 cm³/mol. The van der Waals surface area contributed by atoms with Crippen LogP contribution in [0.1, 0.15) is 15.2 Å². The molecule has 0 saturated carbocycles. The van der Waals surface area contributed by atoms with Gasteiger partial charge in [0.25, 0.3) is 0 Å². The Balaban J connectivity index is 2.17. The molecule has 0 aliphatic heterocycles. The van der Waals surface area contributed by atoms with Crippen molar-refractivity contribution in [3.8, 4) is 0 Å². The summed E-state index contributed by atoms with van der Waals surface area (Å²) in [6.45, 7) is 0. The average molecular weight is 360 g/mol. The van der Waals surface area contributed by atoms with Gasteiger partial charge in [-0.3, -0.25) is 4.79 Å². The second kappa shape index (κ2) is 5.25. The van der Waals surface area contributed by atoms with Gasteiger partial charge in [-0.15, -0.1) is 11.3 Å². The fourth-order valence-electron chi connectivity index (χ4n) is 1.41. The normalized spacial score (nSPS) is 10.4. The Labute approximate surface area is 115 Å². The standard InChI is InChI=1S/C12H8Br2OS/c13-9-3-1-2-8(6-9)7-11(15)12-10(14)4-5-16-12/h1-6H,7H2. The molecule has 0 saturated heterocycles. The number of carbonyl (C=O) groups excluding carboxylic acids is 1. The molecule has 1 heterocycles. The van der Waals surface area contributed by atoms with Gasteiger partial charge in [-0.05, 0) is 45.1 Å². The summed E-state index contributed by atoms with van der Waals surface area (Å²) in [5.41, 5.74) is 1.03. The van der Waals surface area contributed by atoms with Crippen LogP contribution in [0.25, 0.3) is 0 Å².